The number of pyridine rings is 1. The Kier molecular flexibility index (Phi) is 5.53. The lowest BCUT2D eigenvalue weighted by Crippen LogP contribution is -2.23. The Morgan fingerprint density at radius 2 is 2.04 bits per heavy atom. The van der Waals surface area contributed by atoms with Crippen LogP contribution in [0.4, 0.5) is 5.69 Å². The Morgan fingerprint density at radius 3 is 2.64 bits per heavy atom. The molecule has 2 aromatic rings. The van der Waals surface area contributed by atoms with Crippen LogP contribution in [-0.4, -0.2) is 33.6 Å². The summed E-state index contributed by atoms with van der Waals surface area (Å²) in [5.74, 6) is -0.272. The molecule has 134 valence electrons. The molecule has 0 saturated heterocycles. The molecule has 0 bridgehead atoms. The molecule has 0 aliphatic heterocycles. The molecule has 0 unspecified atom stereocenters. The van der Waals surface area contributed by atoms with Gasteiger partial charge in [-0.2, -0.15) is 0 Å². The number of carbonyl (C=O) groups is 1. The van der Waals surface area contributed by atoms with E-state index >= 15 is 0 Å². The minimum absolute atomic E-state index is 0.0621. The van der Waals surface area contributed by atoms with Crippen LogP contribution in [0.2, 0.25) is 0 Å². The Balaban J connectivity index is 2.34. The predicted octanol–water partition coefficient (Wildman–Crippen LogP) is 2.27. The van der Waals surface area contributed by atoms with Crippen LogP contribution in [0.15, 0.2) is 29.2 Å². The maximum absolute atomic E-state index is 12.6. The maximum Gasteiger partial charge on any atom is 0.285 e. The predicted molar refractivity (Wildman–Crippen MR) is 92.2 cm³/mol. The number of aromatic nitrogens is 2. The number of hydrogen-bond acceptors (Lipinski definition) is 5. The van der Waals surface area contributed by atoms with Crippen molar-refractivity contribution < 1.29 is 14.5 Å². The number of rotatable bonds is 7. The van der Waals surface area contributed by atoms with Gasteiger partial charge in [0, 0.05) is 36.2 Å². The van der Waals surface area contributed by atoms with Gasteiger partial charge in [0.1, 0.15) is 0 Å². The molecule has 0 spiro atoms. The zero-order valence-corrected chi connectivity index (χ0v) is 14.7. The standard InChI is InChI=1S/C17H21N3O5/c1-11-7-15(13(3)19(11)12(2)10-25-4)16(21)9-18-8-14(20(23)24)5-6-17(18)22/h5-8,12H,9-10H2,1-4H3/t12-/m0/s1. The SMILES string of the molecule is COC[C@H](C)n1c(C)cc(C(=O)Cn2cc([N+](=O)[O-])ccc2=O)c1C. The number of hydrogen-bond donors (Lipinski definition) is 0. The fourth-order valence-electron chi connectivity index (χ4n) is 3.04. The van der Waals surface area contributed by atoms with Gasteiger partial charge >= 0.3 is 0 Å². The summed E-state index contributed by atoms with van der Waals surface area (Å²) >= 11 is 0. The highest BCUT2D eigenvalue weighted by atomic mass is 16.6. The first-order valence-electron chi connectivity index (χ1n) is 7.81. The molecule has 0 amide bonds. The van der Waals surface area contributed by atoms with Crippen molar-refractivity contribution in [1.29, 1.82) is 0 Å². The molecule has 0 aliphatic rings. The summed E-state index contributed by atoms with van der Waals surface area (Å²) in [6.45, 7) is 5.98. The summed E-state index contributed by atoms with van der Waals surface area (Å²) in [6, 6.07) is 4.05. The van der Waals surface area contributed by atoms with Gasteiger partial charge in [-0.05, 0) is 26.8 Å². The van der Waals surface area contributed by atoms with Gasteiger partial charge in [-0.15, -0.1) is 0 Å². The van der Waals surface area contributed by atoms with Gasteiger partial charge in [-0.3, -0.25) is 19.7 Å². The van der Waals surface area contributed by atoms with E-state index in [1.807, 2.05) is 25.3 Å². The van der Waals surface area contributed by atoms with Crippen LogP contribution in [0.5, 0.6) is 0 Å². The van der Waals surface area contributed by atoms with Crippen molar-refractivity contribution in [3.8, 4) is 0 Å². The van der Waals surface area contributed by atoms with Gasteiger partial charge in [-0.25, -0.2) is 0 Å². The number of aryl methyl sites for hydroxylation is 1. The second kappa shape index (κ2) is 7.43. The summed E-state index contributed by atoms with van der Waals surface area (Å²) in [5, 5.41) is 10.8. The van der Waals surface area contributed by atoms with Crippen LogP contribution in [0.25, 0.3) is 0 Å². The smallest absolute Gasteiger partial charge is 0.285 e. The Labute approximate surface area is 144 Å². The van der Waals surface area contributed by atoms with E-state index in [4.69, 9.17) is 4.74 Å². The van der Waals surface area contributed by atoms with Gasteiger partial charge in [0.15, 0.2) is 5.78 Å². The maximum atomic E-state index is 12.6. The summed E-state index contributed by atoms with van der Waals surface area (Å²) in [5.41, 5.74) is 1.51. The average Bonchev–Trinajstić information content (AvgIpc) is 2.84. The summed E-state index contributed by atoms with van der Waals surface area (Å²) in [7, 11) is 1.62. The highest BCUT2D eigenvalue weighted by Crippen LogP contribution is 2.21. The van der Waals surface area contributed by atoms with Crippen molar-refractivity contribution in [2.45, 2.75) is 33.4 Å². The first-order valence-corrected chi connectivity index (χ1v) is 7.81. The minimum Gasteiger partial charge on any atom is -0.383 e. The number of nitrogens with zero attached hydrogens (tertiary/aromatic N) is 3. The molecule has 0 radical (unpaired) electrons. The van der Waals surface area contributed by atoms with Crippen LogP contribution in [0.3, 0.4) is 0 Å². The molecule has 25 heavy (non-hydrogen) atoms. The molecule has 2 aromatic heterocycles. The zero-order valence-electron chi connectivity index (χ0n) is 14.7. The van der Waals surface area contributed by atoms with E-state index in [1.54, 1.807) is 13.2 Å². The topological polar surface area (TPSA) is 96.4 Å². The number of nitro groups is 1. The monoisotopic (exact) mass is 347 g/mol. The molecule has 0 saturated carbocycles. The lowest BCUT2D eigenvalue weighted by atomic mass is 10.1. The van der Waals surface area contributed by atoms with Crippen molar-refractivity contribution in [3.63, 3.8) is 0 Å². The van der Waals surface area contributed by atoms with Crippen molar-refractivity contribution in [2.24, 2.45) is 0 Å². The van der Waals surface area contributed by atoms with Gasteiger partial charge in [0.25, 0.3) is 11.2 Å². The minimum atomic E-state index is -0.598. The molecule has 0 aliphatic carbocycles. The van der Waals surface area contributed by atoms with E-state index in [9.17, 15) is 19.7 Å². The molecule has 8 heteroatoms. The first kappa shape index (κ1) is 18.6. The molecule has 8 nitrogen and oxygen atoms in total. The summed E-state index contributed by atoms with van der Waals surface area (Å²) in [4.78, 5) is 34.8. The molecule has 0 fully saturated rings. The van der Waals surface area contributed by atoms with E-state index in [-0.39, 0.29) is 24.1 Å². The fourth-order valence-corrected chi connectivity index (χ4v) is 3.04. The fraction of sp³-hybridized carbons (Fsp3) is 0.412. The van der Waals surface area contributed by atoms with E-state index in [0.29, 0.717) is 12.2 Å². The lowest BCUT2D eigenvalue weighted by Gasteiger charge is -2.17. The Hall–Kier alpha value is -2.74. The number of methoxy groups -OCH3 is 1. The third-order valence-electron chi connectivity index (χ3n) is 4.13. The van der Waals surface area contributed by atoms with E-state index in [2.05, 4.69) is 0 Å². The zero-order chi connectivity index (χ0) is 18.7. The number of ether oxygens (including phenoxy) is 1. The van der Waals surface area contributed by atoms with Crippen LogP contribution in [0, 0.1) is 24.0 Å². The molecule has 2 heterocycles. The van der Waals surface area contributed by atoms with Gasteiger partial charge < -0.3 is 13.9 Å². The third-order valence-corrected chi connectivity index (χ3v) is 4.13. The van der Waals surface area contributed by atoms with Gasteiger partial charge in [-0.1, -0.05) is 0 Å². The summed E-state index contributed by atoms with van der Waals surface area (Å²) < 4.78 is 8.24. The molecule has 1 atom stereocenters. The van der Waals surface area contributed by atoms with Crippen LogP contribution < -0.4 is 5.56 Å². The summed E-state index contributed by atoms with van der Waals surface area (Å²) in [6.07, 6.45) is 1.09. The van der Waals surface area contributed by atoms with E-state index in [1.165, 1.54) is 0 Å². The Morgan fingerprint density at radius 1 is 1.36 bits per heavy atom. The van der Waals surface area contributed by atoms with Gasteiger partial charge in [0.2, 0.25) is 0 Å². The van der Waals surface area contributed by atoms with Crippen molar-refractivity contribution in [1.82, 2.24) is 9.13 Å². The first-order chi connectivity index (χ1) is 11.8. The van der Waals surface area contributed by atoms with E-state index in [0.717, 1.165) is 34.3 Å². The largest absolute Gasteiger partial charge is 0.383 e. The highest BCUT2D eigenvalue weighted by molar-refractivity contribution is 5.97. The normalized spacial score (nSPS) is 12.2. The Bertz CT molecular complexity index is 866. The number of carbonyl (C=O) groups excluding carboxylic acids is 1. The lowest BCUT2D eigenvalue weighted by molar-refractivity contribution is -0.385. The second-order valence-corrected chi connectivity index (χ2v) is 5.99. The molecular formula is C17H21N3O5. The third kappa shape index (κ3) is 3.85. The number of ketones is 1. The van der Waals surface area contributed by atoms with Gasteiger partial charge in [0.05, 0.1) is 30.3 Å². The van der Waals surface area contributed by atoms with Crippen LogP contribution in [0.1, 0.15) is 34.7 Å². The van der Waals surface area contributed by atoms with Crippen LogP contribution in [-0.2, 0) is 11.3 Å². The highest BCUT2D eigenvalue weighted by Gasteiger charge is 2.20. The molecular weight excluding hydrogens is 326 g/mol. The van der Waals surface area contributed by atoms with Crippen molar-refractivity contribution in [2.75, 3.05) is 13.7 Å². The van der Waals surface area contributed by atoms with Crippen LogP contribution >= 0.6 is 0 Å². The molecule has 0 N–H and O–H groups in total. The quantitative estimate of drug-likeness (QED) is 0.435. The van der Waals surface area contributed by atoms with Crippen molar-refractivity contribution in [3.05, 3.63) is 61.8 Å². The van der Waals surface area contributed by atoms with Crippen molar-refractivity contribution >= 4 is 11.5 Å². The molecule has 0 aromatic carbocycles. The average molecular weight is 347 g/mol. The second-order valence-electron chi connectivity index (χ2n) is 5.99. The van der Waals surface area contributed by atoms with E-state index < -0.39 is 10.5 Å². The molecule has 2 rings (SSSR count). The number of Topliss-reactive ketones (excluding diaryl/α,β-unsaturated/α-hetero) is 1.